The molecule has 0 fully saturated rings. The van der Waals surface area contributed by atoms with E-state index in [1.165, 1.54) is 101 Å². The summed E-state index contributed by atoms with van der Waals surface area (Å²) in [6, 6.07) is 42.5. The van der Waals surface area contributed by atoms with Gasteiger partial charge in [0.2, 0.25) is 0 Å². The van der Waals surface area contributed by atoms with Gasteiger partial charge in [0, 0.05) is 22.7 Å². The highest BCUT2D eigenvalue weighted by Gasteiger charge is 2.52. The average Bonchev–Trinajstić information content (AvgIpc) is 3.68. The molecule has 0 saturated heterocycles. The van der Waals surface area contributed by atoms with Gasteiger partial charge in [-0.2, -0.15) is 0 Å². The molecule has 0 bridgehead atoms. The fourth-order valence-corrected chi connectivity index (χ4v) is 8.60. The van der Waals surface area contributed by atoms with Gasteiger partial charge in [-0.1, -0.05) is 64.1 Å². The monoisotopic (exact) mass is 738 g/mol. The maximum absolute atomic E-state index is 2.66. The molecule has 4 heteroatoms. The highest BCUT2D eigenvalue weighted by Crippen LogP contribution is 2.57. The number of aryl methyl sites for hydroxylation is 8. The van der Waals surface area contributed by atoms with Crippen LogP contribution < -0.4 is 19.6 Å². The molecule has 0 N–H and O–H groups in total. The molecule has 0 saturated carbocycles. The molecule has 0 amide bonds. The summed E-state index contributed by atoms with van der Waals surface area (Å²) in [4.78, 5) is 10.6. The molecule has 2 unspecified atom stereocenters. The highest BCUT2D eigenvalue weighted by atomic mass is 15.5. The molecule has 0 spiro atoms. The first-order valence-electron chi connectivity index (χ1n) is 20.5. The molecule has 2 heterocycles. The van der Waals surface area contributed by atoms with Gasteiger partial charge in [0.15, 0.2) is 12.3 Å². The van der Waals surface area contributed by atoms with Gasteiger partial charge in [0.25, 0.3) is 0 Å². The Morgan fingerprint density at radius 1 is 0.304 bits per heavy atom. The second-order valence-corrected chi connectivity index (χ2v) is 17.2. The van der Waals surface area contributed by atoms with E-state index in [2.05, 4.69) is 212 Å². The van der Waals surface area contributed by atoms with Crippen LogP contribution in [-0.2, 0) is 0 Å². The van der Waals surface area contributed by atoms with Crippen LogP contribution in [0, 0.1) is 55.4 Å². The lowest BCUT2D eigenvalue weighted by molar-refractivity contribution is 0.549. The number of nitrogens with zero attached hydrogens (tertiary/aromatic N) is 4. The number of rotatable bonds is 7. The van der Waals surface area contributed by atoms with Gasteiger partial charge in [0.05, 0.1) is 22.7 Å². The molecule has 2 aliphatic heterocycles. The highest BCUT2D eigenvalue weighted by molar-refractivity contribution is 5.95. The first-order chi connectivity index (χ1) is 26.7. The van der Waals surface area contributed by atoms with E-state index < -0.39 is 0 Å². The van der Waals surface area contributed by atoms with Crippen LogP contribution >= 0.6 is 0 Å². The van der Waals surface area contributed by atoms with Crippen molar-refractivity contribution in [2.75, 3.05) is 19.6 Å². The predicted molar refractivity (Wildman–Crippen MR) is 241 cm³/mol. The second-order valence-electron chi connectivity index (χ2n) is 17.2. The van der Waals surface area contributed by atoms with Crippen molar-refractivity contribution >= 4 is 45.5 Å². The lowest BCUT2D eigenvalue weighted by Gasteiger charge is -2.45. The van der Waals surface area contributed by atoms with Crippen molar-refractivity contribution in [3.8, 4) is 0 Å². The zero-order chi connectivity index (χ0) is 39.7. The summed E-state index contributed by atoms with van der Waals surface area (Å²) < 4.78 is 0. The summed E-state index contributed by atoms with van der Waals surface area (Å²) in [5.41, 5.74) is 22.8. The van der Waals surface area contributed by atoms with Crippen LogP contribution in [0.5, 0.6) is 0 Å². The van der Waals surface area contributed by atoms with Crippen molar-refractivity contribution in [1.82, 2.24) is 0 Å². The standard InChI is InChI=1S/C52H58N4/c1-31(2)41-17-23-47-49(29-41)55(45-21-15-35(7)39(11)27-45)51(53(47)43-19-13-33(5)37(9)25-43)52-54(44-20-14-34(6)38(10)26-44)48-24-18-42(32(3)4)30-50(48)56(52)46-22-16-36(8)40(12)28-46/h13-32,51-52H,1-12H3. The normalized spacial score (nSPS) is 16.4. The van der Waals surface area contributed by atoms with E-state index in [1.807, 2.05) is 0 Å². The maximum atomic E-state index is 2.66. The zero-order valence-corrected chi connectivity index (χ0v) is 35.5. The van der Waals surface area contributed by atoms with Gasteiger partial charge >= 0.3 is 0 Å². The fraction of sp³-hybridized carbons (Fsp3) is 0.308. The van der Waals surface area contributed by atoms with E-state index in [0.717, 1.165) is 0 Å². The molecule has 6 aromatic rings. The Bertz CT molecular complexity index is 2300. The molecule has 286 valence electrons. The quantitative estimate of drug-likeness (QED) is 0.162. The number of fused-ring (bicyclic) bond motifs is 2. The lowest BCUT2D eigenvalue weighted by atomic mass is 10.0. The minimum atomic E-state index is -0.185. The van der Waals surface area contributed by atoms with Crippen molar-refractivity contribution in [2.24, 2.45) is 0 Å². The molecule has 6 aromatic carbocycles. The zero-order valence-electron chi connectivity index (χ0n) is 35.5. The molecule has 2 atom stereocenters. The van der Waals surface area contributed by atoms with Crippen LogP contribution in [0.15, 0.2) is 109 Å². The number of hydrogen-bond acceptors (Lipinski definition) is 4. The molecule has 8 rings (SSSR count). The Morgan fingerprint density at radius 2 is 0.571 bits per heavy atom. The average molecular weight is 739 g/mol. The Morgan fingerprint density at radius 3 is 0.821 bits per heavy atom. The van der Waals surface area contributed by atoms with Crippen molar-refractivity contribution in [2.45, 2.75) is 107 Å². The van der Waals surface area contributed by atoms with Crippen molar-refractivity contribution in [3.63, 3.8) is 0 Å². The molecule has 2 aliphatic rings. The molecular formula is C52H58N4. The third kappa shape index (κ3) is 6.24. The summed E-state index contributed by atoms with van der Waals surface area (Å²) in [5.74, 6) is 0.778. The topological polar surface area (TPSA) is 13.0 Å². The minimum Gasteiger partial charge on any atom is -0.314 e. The predicted octanol–water partition coefficient (Wildman–Crippen LogP) is 14.3. The summed E-state index contributed by atoms with van der Waals surface area (Å²) in [6.07, 6.45) is -0.371. The van der Waals surface area contributed by atoms with E-state index >= 15 is 0 Å². The summed E-state index contributed by atoms with van der Waals surface area (Å²) >= 11 is 0. The second kappa shape index (κ2) is 14.2. The van der Waals surface area contributed by atoms with Crippen molar-refractivity contribution in [3.05, 3.63) is 165 Å². The van der Waals surface area contributed by atoms with Gasteiger partial charge in [0.1, 0.15) is 0 Å². The van der Waals surface area contributed by atoms with Gasteiger partial charge in [-0.3, -0.25) is 0 Å². The minimum absolute atomic E-state index is 0.185. The van der Waals surface area contributed by atoms with Crippen LogP contribution in [0.1, 0.15) is 95.2 Å². The van der Waals surface area contributed by atoms with Gasteiger partial charge < -0.3 is 19.6 Å². The van der Waals surface area contributed by atoms with E-state index in [0.29, 0.717) is 11.8 Å². The van der Waals surface area contributed by atoms with E-state index in [-0.39, 0.29) is 12.3 Å². The maximum Gasteiger partial charge on any atom is 0.151 e. The molecule has 56 heavy (non-hydrogen) atoms. The van der Waals surface area contributed by atoms with Crippen LogP contribution in [0.3, 0.4) is 0 Å². The van der Waals surface area contributed by atoms with Gasteiger partial charge in [-0.15, -0.1) is 0 Å². The Hall–Kier alpha value is -5.48. The molecule has 0 radical (unpaired) electrons. The smallest absolute Gasteiger partial charge is 0.151 e. The summed E-state index contributed by atoms with van der Waals surface area (Å²) in [5, 5.41) is 0. The number of benzene rings is 6. The number of hydrogen-bond donors (Lipinski definition) is 0. The van der Waals surface area contributed by atoms with Crippen LogP contribution in [0.2, 0.25) is 0 Å². The Labute approximate surface area is 336 Å². The van der Waals surface area contributed by atoms with Crippen molar-refractivity contribution < 1.29 is 0 Å². The molecular weight excluding hydrogens is 681 g/mol. The van der Waals surface area contributed by atoms with Crippen LogP contribution in [0.25, 0.3) is 0 Å². The molecule has 0 aliphatic carbocycles. The van der Waals surface area contributed by atoms with Crippen LogP contribution in [-0.4, -0.2) is 12.3 Å². The SMILES string of the molecule is Cc1ccc(N2c3ccc(C(C)C)cc3N(c3ccc(C)c(C)c3)C2C2N(c3ccc(C)c(C)c3)c3ccc(C(C)C)cc3N2c2ccc(C)c(C)c2)cc1C. The Balaban J connectivity index is 1.50. The molecule has 4 nitrogen and oxygen atoms in total. The van der Waals surface area contributed by atoms with E-state index in [4.69, 9.17) is 0 Å². The van der Waals surface area contributed by atoms with Crippen LogP contribution in [0.4, 0.5) is 45.5 Å². The summed E-state index contributed by atoms with van der Waals surface area (Å²) in [6.45, 7) is 27.1. The summed E-state index contributed by atoms with van der Waals surface area (Å²) in [7, 11) is 0. The Kier molecular flexibility index (Phi) is 9.51. The fourth-order valence-electron chi connectivity index (χ4n) is 8.60. The largest absolute Gasteiger partial charge is 0.314 e. The first kappa shape index (κ1) is 37.4. The van der Waals surface area contributed by atoms with E-state index in [9.17, 15) is 0 Å². The third-order valence-electron chi connectivity index (χ3n) is 12.8. The third-order valence-corrected chi connectivity index (χ3v) is 12.8. The molecule has 0 aromatic heterocycles. The lowest BCUT2D eigenvalue weighted by Crippen LogP contribution is -2.58. The first-order valence-corrected chi connectivity index (χ1v) is 20.5. The van der Waals surface area contributed by atoms with E-state index in [1.54, 1.807) is 0 Å². The van der Waals surface area contributed by atoms with Crippen molar-refractivity contribution in [1.29, 1.82) is 0 Å². The number of anilines is 8. The van der Waals surface area contributed by atoms with Gasteiger partial charge in [-0.25, -0.2) is 0 Å². The van der Waals surface area contributed by atoms with Gasteiger partial charge in [-0.05, 0) is 196 Å².